The average Bonchev–Trinajstić information content (AvgIpc) is 2.79. The molecule has 1 aromatic carbocycles. The summed E-state index contributed by atoms with van der Waals surface area (Å²) in [5.41, 5.74) is 1.57. The van der Waals surface area contributed by atoms with Gasteiger partial charge in [0.05, 0.1) is 17.7 Å². The van der Waals surface area contributed by atoms with E-state index in [0.29, 0.717) is 17.7 Å². The van der Waals surface area contributed by atoms with Crippen molar-refractivity contribution in [3.8, 4) is 6.07 Å². The van der Waals surface area contributed by atoms with Crippen LogP contribution < -0.4 is 5.32 Å². The van der Waals surface area contributed by atoms with Gasteiger partial charge in [0, 0.05) is 31.9 Å². The van der Waals surface area contributed by atoms with E-state index >= 15 is 0 Å². The van der Waals surface area contributed by atoms with E-state index in [-0.39, 0.29) is 0 Å². The lowest BCUT2D eigenvalue weighted by atomic mass is 9.92. The van der Waals surface area contributed by atoms with Gasteiger partial charge in [-0.25, -0.2) is 0 Å². The zero-order valence-electron chi connectivity index (χ0n) is 19.2. The van der Waals surface area contributed by atoms with Crippen molar-refractivity contribution in [1.29, 1.82) is 5.26 Å². The molecule has 0 aliphatic heterocycles. The summed E-state index contributed by atoms with van der Waals surface area (Å²) < 4.78 is 6.14. The lowest BCUT2D eigenvalue weighted by Gasteiger charge is -2.36. The summed E-state index contributed by atoms with van der Waals surface area (Å²) in [4.78, 5) is 4.48. The molecule has 0 aromatic heterocycles. The molecule has 0 amide bonds. The third kappa shape index (κ3) is 9.39. The van der Waals surface area contributed by atoms with Gasteiger partial charge in [0.1, 0.15) is 0 Å². The highest BCUT2D eigenvalue weighted by Crippen LogP contribution is 2.25. The van der Waals surface area contributed by atoms with Crippen LogP contribution in [0.15, 0.2) is 36.9 Å². The number of benzene rings is 1. The summed E-state index contributed by atoms with van der Waals surface area (Å²) >= 11 is 5.59. The first-order valence-electron chi connectivity index (χ1n) is 11.5. The average molecular weight is 443 g/mol. The molecule has 1 aromatic rings. The van der Waals surface area contributed by atoms with Crippen molar-refractivity contribution in [3.63, 3.8) is 0 Å². The van der Waals surface area contributed by atoms with Crippen LogP contribution in [0, 0.1) is 11.3 Å². The highest BCUT2D eigenvalue weighted by molar-refractivity contribution is 7.80. The molecule has 0 unspecified atom stereocenters. The molecule has 1 fully saturated rings. The first-order chi connectivity index (χ1) is 15.0. The molecule has 0 atom stereocenters. The standard InChI is InChI=1S/C25H38N4OS/c1-4-17-28(2)18-7-5-6-8-19-30-24-15-13-23(14-16-24)29(3)25(31)27-22-11-9-21(20-26)10-12-22/h4,9-12,23-24H,1,5-8,13-19H2,2-3H3,(H,27,31). The second-order valence-electron chi connectivity index (χ2n) is 8.50. The van der Waals surface area contributed by atoms with E-state index < -0.39 is 0 Å². The largest absolute Gasteiger partial charge is 0.378 e. The molecule has 1 aliphatic rings. The molecule has 31 heavy (non-hydrogen) atoms. The van der Waals surface area contributed by atoms with Gasteiger partial charge >= 0.3 is 0 Å². The SMILES string of the molecule is C=CCN(C)CCCCCCOC1CCC(N(C)C(=S)Nc2ccc(C#N)cc2)CC1. The predicted molar refractivity (Wildman–Crippen MR) is 133 cm³/mol. The Bertz CT molecular complexity index is 707. The first-order valence-corrected chi connectivity index (χ1v) is 11.9. The number of thiocarbonyl (C=S) groups is 1. The van der Waals surface area contributed by atoms with Gasteiger partial charge in [0.2, 0.25) is 0 Å². The lowest BCUT2D eigenvalue weighted by Crippen LogP contribution is -2.42. The minimum absolute atomic E-state index is 0.392. The van der Waals surface area contributed by atoms with Gasteiger partial charge in [0.25, 0.3) is 0 Å². The number of nitrogens with one attached hydrogen (secondary N) is 1. The van der Waals surface area contributed by atoms with Crippen LogP contribution >= 0.6 is 12.2 Å². The van der Waals surface area contributed by atoms with Gasteiger partial charge < -0.3 is 19.9 Å². The maximum Gasteiger partial charge on any atom is 0.173 e. The lowest BCUT2D eigenvalue weighted by molar-refractivity contribution is 0.0149. The Morgan fingerprint density at radius 2 is 1.84 bits per heavy atom. The predicted octanol–water partition coefficient (Wildman–Crippen LogP) is 5.19. The van der Waals surface area contributed by atoms with E-state index in [2.05, 4.69) is 41.9 Å². The Balaban J connectivity index is 1.57. The summed E-state index contributed by atoms with van der Waals surface area (Å²) in [6.07, 6.45) is 11.7. The van der Waals surface area contributed by atoms with Crippen molar-refractivity contribution in [3.05, 3.63) is 42.5 Å². The fourth-order valence-corrected chi connectivity index (χ4v) is 4.27. The topological polar surface area (TPSA) is 51.5 Å². The van der Waals surface area contributed by atoms with E-state index in [4.69, 9.17) is 22.2 Å². The summed E-state index contributed by atoms with van der Waals surface area (Å²) in [5.74, 6) is 0. The Morgan fingerprint density at radius 1 is 1.16 bits per heavy atom. The van der Waals surface area contributed by atoms with Crippen LogP contribution in [0.2, 0.25) is 0 Å². The Labute approximate surface area is 194 Å². The van der Waals surface area contributed by atoms with Gasteiger partial charge in [-0.1, -0.05) is 18.9 Å². The molecule has 1 saturated carbocycles. The highest BCUT2D eigenvalue weighted by atomic mass is 32.1. The summed E-state index contributed by atoms with van der Waals surface area (Å²) in [6.45, 7) is 6.78. The second-order valence-corrected chi connectivity index (χ2v) is 8.88. The zero-order chi connectivity index (χ0) is 22.5. The molecular weight excluding hydrogens is 404 g/mol. The van der Waals surface area contributed by atoms with Crippen molar-refractivity contribution >= 4 is 23.0 Å². The number of hydrogen-bond acceptors (Lipinski definition) is 4. The van der Waals surface area contributed by atoms with Crippen molar-refractivity contribution in [2.24, 2.45) is 0 Å². The first kappa shape index (κ1) is 25.3. The van der Waals surface area contributed by atoms with E-state index in [1.807, 2.05) is 18.2 Å². The molecule has 1 aliphatic carbocycles. The van der Waals surface area contributed by atoms with Gasteiger partial charge in [-0.15, -0.1) is 6.58 Å². The number of anilines is 1. The normalized spacial score (nSPS) is 18.4. The fourth-order valence-electron chi connectivity index (χ4n) is 4.00. The van der Waals surface area contributed by atoms with Crippen LogP contribution in [0.25, 0.3) is 0 Å². The summed E-state index contributed by atoms with van der Waals surface area (Å²) in [7, 11) is 4.21. The van der Waals surface area contributed by atoms with E-state index in [1.165, 1.54) is 19.3 Å². The van der Waals surface area contributed by atoms with E-state index in [1.54, 1.807) is 12.1 Å². The molecule has 0 bridgehead atoms. The summed E-state index contributed by atoms with van der Waals surface area (Å²) in [6, 6.07) is 9.97. The molecule has 0 saturated heterocycles. The molecule has 0 spiro atoms. The van der Waals surface area contributed by atoms with Crippen LogP contribution in [0.1, 0.15) is 56.9 Å². The molecule has 6 heteroatoms. The fraction of sp³-hybridized carbons (Fsp3) is 0.600. The molecule has 1 N–H and O–H groups in total. The molecule has 0 radical (unpaired) electrons. The number of rotatable bonds is 12. The maximum atomic E-state index is 8.91. The number of likely N-dealkylation sites (N-methyl/N-ethyl adjacent to an activating group) is 1. The third-order valence-corrected chi connectivity index (χ3v) is 6.40. The number of ether oxygens (including phenoxy) is 1. The van der Waals surface area contributed by atoms with Crippen LogP contribution in [0.5, 0.6) is 0 Å². The Morgan fingerprint density at radius 3 is 2.48 bits per heavy atom. The smallest absolute Gasteiger partial charge is 0.173 e. The van der Waals surface area contributed by atoms with Gasteiger partial charge in [-0.05, 0) is 88.6 Å². The molecule has 5 nitrogen and oxygen atoms in total. The number of nitrogens with zero attached hydrogens (tertiary/aromatic N) is 3. The van der Waals surface area contributed by atoms with Crippen molar-refractivity contribution < 1.29 is 4.74 Å². The number of hydrogen-bond donors (Lipinski definition) is 1. The van der Waals surface area contributed by atoms with Crippen LogP contribution in [-0.2, 0) is 4.74 Å². The molecular formula is C25H38N4OS. The third-order valence-electron chi connectivity index (χ3n) is 6.01. The molecule has 2 rings (SSSR count). The number of unbranched alkanes of at least 4 members (excludes halogenated alkanes) is 3. The Kier molecular flexibility index (Phi) is 11.6. The van der Waals surface area contributed by atoms with Crippen molar-refractivity contribution in [2.75, 3.05) is 39.1 Å². The van der Waals surface area contributed by atoms with Gasteiger partial charge in [-0.3, -0.25) is 0 Å². The van der Waals surface area contributed by atoms with Crippen LogP contribution in [0.4, 0.5) is 5.69 Å². The minimum atomic E-state index is 0.392. The number of nitriles is 1. The Hall–Kier alpha value is -1.94. The molecule has 0 heterocycles. The van der Waals surface area contributed by atoms with E-state index in [9.17, 15) is 0 Å². The highest BCUT2D eigenvalue weighted by Gasteiger charge is 2.25. The van der Waals surface area contributed by atoms with Gasteiger partial charge in [-0.2, -0.15) is 5.26 Å². The van der Waals surface area contributed by atoms with Crippen LogP contribution in [-0.4, -0.2) is 60.8 Å². The van der Waals surface area contributed by atoms with Crippen molar-refractivity contribution in [1.82, 2.24) is 9.80 Å². The second kappa shape index (κ2) is 14.2. The maximum absolute atomic E-state index is 8.91. The van der Waals surface area contributed by atoms with Crippen LogP contribution in [0.3, 0.4) is 0 Å². The van der Waals surface area contributed by atoms with Gasteiger partial charge in [0.15, 0.2) is 5.11 Å². The molecule has 170 valence electrons. The monoisotopic (exact) mass is 442 g/mol. The summed E-state index contributed by atoms with van der Waals surface area (Å²) in [5, 5.41) is 12.9. The van der Waals surface area contributed by atoms with Crippen molar-refractivity contribution in [2.45, 2.75) is 63.5 Å². The quantitative estimate of drug-likeness (QED) is 0.273. The zero-order valence-corrected chi connectivity index (χ0v) is 20.0. The van der Waals surface area contributed by atoms with E-state index in [0.717, 1.165) is 62.6 Å². The minimum Gasteiger partial charge on any atom is -0.378 e.